The van der Waals surface area contributed by atoms with E-state index in [0.717, 1.165) is 5.56 Å². The number of aromatic hydroxyl groups is 1. The number of ketones is 2. The van der Waals surface area contributed by atoms with Crippen molar-refractivity contribution in [2.24, 2.45) is 17.6 Å². The van der Waals surface area contributed by atoms with Gasteiger partial charge < -0.3 is 31.5 Å². The molecule has 0 saturated carbocycles. The van der Waals surface area contributed by atoms with Crippen LogP contribution in [-0.2, 0) is 29.1 Å². The highest BCUT2D eigenvalue weighted by Crippen LogP contribution is 2.52. The summed E-state index contributed by atoms with van der Waals surface area (Å²) in [5, 5.41) is 46.9. The van der Waals surface area contributed by atoms with E-state index in [9.17, 15) is 34.8 Å². The number of amides is 1. The first-order chi connectivity index (χ1) is 17.6. The molecule has 0 aliphatic heterocycles. The molecular formula is C27H25ClN2O7. The lowest BCUT2D eigenvalue weighted by Crippen LogP contribution is -2.57. The number of allylic oxidation sites excluding steroid dienone is 2. The number of carbonyl (C=O) groups is 3. The average Bonchev–Trinajstić information content (AvgIpc) is 2.84. The van der Waals surface area contributed by atoms with Gasteiger partial charge in [0.15, 0.2) is 11.4 Å². The van der Waals surface area contributed by atoms with Crippen LogP contribution in [0.4, 0.5) is 0 Å². The van der Waals surface area contributed by atoms with Gasteiger partial charge in [0.25, 0.3) is 5.91 Å². The largest absolute Gasteiger partial charge is 0.511 e. The lowest BCUT2D eigenvalue weighted by molar-refractivity contribution is -0.144. The molecule has 2 aromatic rings. The molecule has 0 spiro atoms. The maximum Gasteiger partial charge on any atom is 0.255 e. The molecule has 0 radical (unpaired) electrons. The Balaban J connectivity index is 1.50. The van der Waals surface area contributed by atoms with Crippen LogP contribution < -0.4 is 11.1 Å². The number of carbonyl (C=O) groups excluding carboxylic acids is 3. The van der Waals surface area contributed by atoms with Crippen molar-refractivity contribution in [3.8, 4) is 5.75 Å². The summed E-state index contributed by atoms with van der Waals surface area (Å²) in [7, 11) is 0. The van der Waals surface area contributed by atoms with Gasteiger partial charge >= 0.3 is 0 Å². The molecule has 0 saturated heterocycles. The smallest absolute Gasteiger partial charge is 0.255 e. The van der Waals surface area contributed by atoms with Crippen LogP contribution in [0.3, 0.4) is 0 Å². The molecular weight excluding hydrogens is 500 g/mol. The number of aliphatic hydroxyl groups is 3. The molecule has 0 heterocycles. The summed E-state index contributed by atoms with van der Waals surface area (Å²) in [6, 6.07) is 11.1. The molecule has 9 nitrogen and oxygen atoms in total. The highest BCUT2D eigenvalue weighted by Gasteiger charge is 2.59. The number of Topliss-reactive ketones (excluding diaryl/α,β-unsaturated/α-hetero) is 2. The van der Waals surface area contributed by atoms with Crippen LogP contribution in [0.1, 0.15) is 39.9 Å². The van der Waals surface area contributed by atoms with E-state index in [2.05, 4.69) is 5.32 Å². The molecule has 3 atom stereocenters. The number of primary amides is 1. The number of hydrogen-bond donors (Lipinski definition) is 6. The van der Waals surface area contributed by atoms with E-state index in [4.69, 9.17) is 17.3 Å². The van der Waals surface area contributed by atoms with E-state index in [0.29, 0.717) is 29.2 Å². The highest BCUT2D eigenvalue weighted by atomic mass is 35.5. The number of benzene rings is 2. The van der Waals surface area contributed by atoms with Gasteiger partial charge in [0.05, 0.1) is 5.56 Å². The summed E-state index contributed by atoms with van der Waals surface area (Å²) in [6.45, 7) is 0.892. The molecule has 0 bridgehead atoms. The zero-order chi connectivity index (χ0) is 26.6. The molecule has 10 heteroatoms. The van der Waals surface area contributed by atoms with E-state index < -0.39 is 52.0 Å². The number of aliphatic hydroxyl groups excluding tert-OH is 2. The summed E-state index contributed by atoms with van der Waals surface area (Å²) < 4.78 is 0. The summed E-state index contributed by atoms with van der Waals surface area (Å²) in [5.41, 5.74) is 3.57. The lowest BCUT2D eigenvalue weighted by atomic mass is 9.60. The Labute approximate surface area is 216 Å². The fourth-order valence-electron chi connectivity index (χ4n) is 5.79. The minimum atomic E-state index is -2.59. The van der Waals surface area contributed by atoms with Crippen LogP contribution >= 0.6 is 11.6 Å². The maximum absolute atomic E-state index is 13.5. The van der Waals surface area contributed by atoms with Crippen molar-refractivity contribution >= 4 is 29.1 Å². The number of phenols is 1. The van der Waals surface area contributed by atoms with E-state index in [-0.39, 0.29) is 36.1 Å². The van der Waals surface area contributed by atoms with Crippen molar-refractivity contribution in [2.45, 2.75) is 38.0 Å². The molecule has 2 aromatic carbocycles. The number of hydrogen-bond acceptors (Lipinski definition) is 8. The first kappa shape index (κ1) is 25.0. The normalized spacial score (nSPS) is 25.0. The minimum absolute atomic E-state index is 0.0521. The summed E-state index contributed by atoms with van der Waals surface area (Å²) in [6.07, 6.45) is -0.0678. The number of nitrogens with one attached hydrogen (secondary N) is 1. The van der Waals surface area contributed by atoms with Gasteiger partial charge in [0, 0.05) is 36.0 Å². The Kier molecular flexibility index (Phi) is 6.10. The lowest BCUT2D eigenvalue weighted by Gasteiger charge is -2.45. The van der Waals surface area contributed by atoms with E-state index in [1.54, 1.807) is 0 Å². The van der Waals surface area contributed by atoms with Gasteiger partial charge in [-0.05, 0) is 41.5 Å². The quantitative estimate of drug-likeness (QED) is 0.324. The minimum Gasteiger partial charge on any atom is -0.511 e. The Hall–Kier alpha value is -3.66. The van der Waals surface area contributed by atoms with Crippen LogP contribution in [0.5, 0.6) is 5.75 Å². The van der Waals surface area contributed by atoms with Gasteiger partial charge in [-0.2, -0.15) is 0 Å². The van der Waals surface area contributed by atoms with Crippen LogP contribution in [0.15, 0.2) is 59.1 Å². The first-order valence-electron chi connectivity index (χ1n) is 11.8. The van der Waals surface area contributed by atoms with Gasteiger partial charge in [-0.15, -0.1) is 0 Å². The number of fused-ring (bicyclic) bond motifs is 3. The molecule has 7 N–H and O–H groups in total. The van der Waals surface area contributed by atoms with Gasteiger partial charge in [-0.25, -0.2) is 0 Å². The van der Waals surface area contributed by atoms with Gasteiger partial charge in [0.2, 0.25) is 5.78 Å². The van der Waals surface area contributed by atoms with Crippen LogP contribution in [0.25, 0.3) is 0 Å². The standard InChI is InChI=1S/C27H25ClN2O7/c28-22-14(11-30-10-12-4-2-1-3-5-12)8-17(31)20-16(22)7-13-6-15-9-18(32)21(26(29)36)25(35)27(15,37)24(34)19(13)23(20)33/h1-5,8,13,15,30-32,34,37H,6-7,9-11H2,(H2,29,36)/t13?,15-,27-/m0/s1. The van der Waals surface area contributed by atoms with E-state index in [1.165, 1.54) is 6.07 Å². The van der Waals surface area contributed by atoms with Gasteiger partial charge in [-0.1, -0.05) is 41.9 Å². The number of phenolic OH excluding ortho intramolecular Hbond substituents is 1. The van der Waals surface area contributed by atoms with Crippen molar-refractivity contribution in [2.75, 3.05) is 0 Å². The fraction of sp³-hybridized carbons (Fsp3) is 0.296. The predicted octanol–water partition coefficient (Wildman–Crippen LogP) is 2.52. The SMILES string of the molecule is NC(=O)C1=C(O)C[C@@H]2CC3Cc4c(Cl)c(CNCc5ccccc5)cc(O)c4C(=O)C3=C(O)[C@]2(O)C1=O. The Morgan fingerprint density at radius 1 is 1.11 bits per heavy atom. The third-order valence-electron chi connectivity index (χ3n) is 7.56. The summed E-state index contributed by atoms with van der Waals surface area (Å²) in [5.74, 6) is -6.66. The topological polar surface area (TPSA) is 170 Å². The Bertz CT molecular complexity index is 1420. The number of halogens is 1. The zero-order valence-electron chi connectivity index (χ0n) is 19.6. The molecule has 3 aliphatic carbocycles. The summed E-state index contributed by atoms with van der Waals surface area (Å²) in [4.78, 5) is 38.2. The molecule has 192 valence electrons. The van der Waals surface area contributed by atoms with Gasteiger partial charge in [0.1, 0.15) is 22.8 Å². The van der Waals surface area contributed by atoms with Crippen LogP contribution in [0, 0.1) is 11.8 Å². The third kappa shape index (κ3) is 3.81. The van der Waals surface area contributed by atoms with Crippen LogP contribution in [0.2, 0.25) is 5.02 Å². The second-order valence-corrected chi connectivity index (χ2v) is 10.1. The second kappa shape index (κ2) is 9.02. The molecule has 37 heavy (non-hydrogen) atoms. The zero-order valence-corrected chi connectivity index (χ0v) is 20.4. The third-order valence-corrected chi connectivity index (χ3v) is 8.03. The van der Waals surface area contributed by atoms with E-state index >= 15 is 0 Å². The Morgan fingerprint density at radius 3 is 2.49 bits per heavy atom. The fourth-order valence-corrected chi connectivity index (χ4v) is 6.08. The monoisotopic (exact) mass is 524 g/mol. The number of nitrogens with two attached hydrogens (primary N) is 1. The molecule has 0 aromatic heterocycles. The van der Waals surface area contributed by atoms with Crippen molar-refractivity contribution in [1.29, 1.82) is 0 Å². The van der Waals surface area contributed by atoms with Crippen molar-refractivity contribution in [1.82, 2.24) is 5.32 Å². The maximum atomic E-state index is 13.5. The number of rotatable bonds is 5. The Morgan fingerprint density at radius 2 is 1.81 bits per heavy atom. The van der Waals surface area contributed by atoms with E-state index in [1.807, 2.05) is 30.3 Å². The molecule has 3 aliphatic rings. The second-order valence-electron chi connectivity index (χ2n) is 9.72. The van der Waals surface area contributed by atoms with Crippen molar-refractivity contribution < 1.29 is 34.8 Å². The molecule has 0 fully saturated rings. The van der Waals surface area contributed by atoms with Crippen molar-refractivity contribution in [3.63, 3.8) is 0 Å². The van der Waals surface area contributed by atoms with Crippen LogP contribution in [-0.4, -0.2) is 43.5 Å². The molecule has 1 amide bonds. The summed E-state index contributed by atoms with van der Waals surface area (Å²) >= 11 is 6.69. The highest BCUT2D eigenvalue weighted by molar-refractivity contribution is 6.33. The molecule has 1 unspecified atom stereocenters. The average molecular weight is 525 g/mol. The first-order valence-corrected chi connectivity index (χ1v) is 12.2. The van der Waals surface area contributed by atoms with Gasteiger partial charge in [-0.3, -0.25) is 14.4 Å². The van der Waals surface area contributed by atoms with Crippen molar-refractivity contribution in [3.05, 3.63) is 86.3 Å². The predicted molar refractivity (Wildman–Crippen MR) is 133 cm³/mol. The molecule has 5 rings (SSSR count).